The highest BCUT2D eigenvalue weighted by Gasteiger charge is 2.38. The Kier molecular flexibility index (Phi) is 11.5. The van der Waals surface area contributed by atoms with Gasteiger partial charge in [-0.1, -0.05) is 74.5 Å². The van der Waals surface area contributed by atoms with Crippen molar-refractivity contribution in [1.82, 2.24) is 25.2 Å². The van der Waals surface area contributed by atoms with Gasteiger partial charge in [-0.25, -0.2) is 13.1 Å². The van der Waals surface area contributed by atoms with E-state index in [1.807, 2.05) is 41.3 Å². The first-order chi connectivity index (χ1) is 21.0. The van der Waals surface area contributed by atoms with Crippen molar-refractivity contribution in [2.45, 2.75) is 63.8 Å². The number of hydrogen-bond acceptors (Lipinski definition) is 6. The lowest BCUT2D eigenvalue weighted by Crippen LogP contribution is -2.54. The zero-order valence-corrected chi connectivity index (χ0v) is 26.3. The van der Waals surface area contributed by atoms with E-state index in [4.69, 9.17) is 5.41 Å². The van der Waals surface area contributed by atoms with E-state index in [-0.39, 0.29) is 41.8 Å². The lowest BCUT2D eigenvalue weighted by atomic mass is 9.96. The van der Waals surface area contributed by atoms with E-state index >= 15 is 0 Å². The van der Waals surface area contributed by atoms with Gasteiger partial charge in [-0.2, -0.15) is 0 Å². The number of guanidine groups is 1. The summed E-state index contributed by atoms with van der Waals surface area (Å²) in [5, 5.41) is 13.8. The molecule has 2 saturated heterocycles. The molecule has 0 radical (unpaired) electrons. The number of piperidine rings is 1. The summed E-state index contributed by atoms with van der Waals surface area (Å²) in [5.74, 6) is -0.957. The highest BCUT2D eigenvalue weighted by molar-refractivity contribution is 7.88. The van der Waals surface area contributed by atoms with E-state index in [1.165, 1.54) is 4.90 Å². The van der Waals surface area contributed by atoms with Gasteiger partial charge >= 0.3 is 0 Å². The fourth-order valence-corrected chi connectivity index (χ4v) is 6.98. The molecular formula is C32H44N6O5S. The standard InChI is InChI=1S/C32H44N6O5S/c1-23(2)29(39)35-32(33)37-18-15-25(16-19-37)21-34-30(40)28-14-9-17-38(28)31(41)27(20-24-10-5-3-6-11-24)36-44(42,43)22-26-12-7-4-8-13-26/h3-8,10-13,23,25,27-28,36H,9,14-22H2,1-2H3,(H,34,40)(H2,33,35,39)/t27-,28+/m1/s1. The number of amides is 3. The minimum Gasteiger partial charge on any atom is -0.354 e. The molecule has 2 atom stereocenters. The first-order valence-electron chi connectivity index (χ1n) is 15.3. The topological polar surface area (TPSA) is 152 Å². The van der Waals surface area contributed by atoms with Crippen LogP contribution in [0.25, 0.3) is 0 Å². The van der Waals surface area contributed by atoms with Crippen molar-refractivity contribution >= 4 is 33.7 Å². The van der Waals surface area contributed by atoms with E-state index < -0.39 is 28.0 Å². The summed E-state index contributed by atoms with van der Waals surface area (Å²) in [6.07, 6.45) is 2.86. The number of benzene rings is 2. The van der Waals surface area contributed by atoms with Crippen LogP contribution in [0.2, 0.25) is 0 Å². The van der Waals surface area contributed by atoms with Crippen molar-refractivity contribution in [3.63, 3.8) is 0 Å². The van der Waals surface area contributed by atoms with Crippen LogP contribution in [-0.4, -0.2) is 80.2 Å². The second kappa shape index (κ2) is 15.3. The molecule has 0 spiro atoms. The van der Waals surface area contributed by atoms with Gasteiger partial charge in [0.25, 0.3) is 0 Å². The van der Waals surface area contributed by atoms with Crippen molar-refractivity contribution in [1.29, 1.82) is 5.41 Å². The molecule has 0 aromatic heterocycles. The van der Waals surface area contributed by atoms with Crippen LogP contribution in [0.15, 0.2) is 60.7 Å². The minimum atomic E-state index is -3.85. The third-order valence-electron chi connectivity index (χ3n) is 8.20. The Morgan fingerprint density at radius 2 is 1.52 bits per heavy atom. The lowest BCUT2D eigenvalue weighted by Gasteiger charge is -2.34. The fraction of sp³-hybridized carbons (Fsp3) is 0.500. The highest BCUT2D eigenvalue weighted by atomic mass is 32.2. The summed E-state index contributed by atoms with van der Waals surface area (Å²) < 4.78 is 29.0. The largest absolute Gasteiger partial charge is 0.354 e. The monoisotopic (exact) mass is 624 g/mol. The van der Waals surface area contributed by atoms with Crippen LogP contribution in [0.4, 0.5) is 0 Å². The maximum Gasteiger partial charge on any atom is 0.242 e. The Bertz CT molecular complexity index is 1390. The van der Waals surface area contributed by atoms with Crippen molar-refractivity contribution in [3.05, 3.63) is 71.8 Å². The predicted molar refractivity (Wildman–Crippen MR) is 169 cm³/mol. The summed E-state index contributed by atoms with van der Waals surface area (Å²) >= 11 is 0. The molecular weight excluding hydrogens is 580 g/mol. The van der Waals surface area contributed by atoms with Crippen molar-refractivity contribution in [2.24, 2.45) is 11.8 Å². The van der Waals surface area contributed by atoms with Gasteiger partial charge in [0.05, 0.1) is 5.75 Å². The molecule has 2 aromatic rings. The quantitative estimate of drug-likeness (QED) is 0.222. The van der Waals surface area contributed by atoms with E-state index in [2.05, 4.69) is 15.4 Å². The number of nitrogens with zero attached hydrogens (tertiary/aromatic N) is 2. The van der Waals surface area contributed by atoms with E-state index in [0.29, 0.717) is 44.6 Å². The van der Waals surface area contributed by atoms with E-state index in [9.17, 15) is 22.8 Å². The number of carbonyl (C=O) groups excluding carboxylic acids is 3. The number of hydrogen-bond donors (Lipinski definition) is 4. The third kappa shape index (κ3) is 9.36. The van der Waals surface area contributed by atoms with Crippen LogP contribution in [0, 0.1) is 17.2 Å². The van der Waals surface area contributed by atoms with E-state index in [0.717, 1.165) is 18.4 Å². The molecule has 0 aliphatic carbocycles. The number of rotatable bonds is 11. The maximum absolute atomic E-state index is 13.9. The van der Waals surface area contributed by atoms with Crippen molar-refractivity contribution in [2.75, 3.05) is 26.2 Å². The summed E-state index contributed by atoms with van der Waals surface area (Å²) in [5.41, 5.74) is 1.43. The molecule has 44 heavy (non-hydrogen) atoms. The minimum absolute atomic E-state index is 0.107. The molecule has 12 heteroatoms. The van der Waals surface area contributed by atoms with Crippen LogP contribution in [0.3, 0.4) is 0 Å². The lowest BCUT2D eigenvalue weighted by molar-refractivity contribution is -0.139. The predicted octanol–water partition coefficient (Wildman–Crippen LogP) is 2.24. The average molecular weight is 625 g/mol. The van der Waals surface area contributed by atoms with E-state index in [1.54, 1.807) is 38.1 Å². The van der Waals surface area contributed by atoms with Crippen molar-refractivity contribution < 1.29 is 22.8 Å². The van der Waals surface area contributed by atoms with Crippen LogP contribution >= 0.6 is 0 Å². The molecule has 2 aromatic carbocycles. The normalized spacial score (nSPS) is 18.2. The highest BCUT2D eigenvalue weighted by Crippen LogP contribution is 2.22. The average Bonchev–Trinajstić information content (AvgIpc) is 3.50. The summed E-state index contributed by atoms with van der Waals surface area (Å²) in [7, 11) is -3.85. The number of likely N-dealkylation sites (tertiary alicyclic amines) is 2. The first-order valence-corrected chi connectivity index (χ1v) is 17.0. The summed E-state index contributed by atoms with van der Waals surface area (Å²) in [6, 6.07) is 16.4. The fourth-order valence-electron chi connectivity index (χ4n) is 5.65. The third-order valence-corrected chi connectivity index (χ3v) is 9.56. The van der Waals surface area contributed by atoms with Crippen LogP contribution < -0.4 is 15.4 Å². The van der Waals surface area contributed by atoms with Gasteiger partial charge in [0.2, 0.25) is 27.7 Å². The molecule has 2 aliphatic heterocycles. The van der Waals surface area contributed by atoms with Crippen LogP contribution in [0.5, 0.6) is 0 Å². The van der Waals surface area contributed by atoms with Gasteiger partial charge in [-0.15, -0.1) is 0 Å². The number of sulfonamides is 1. The zero-order chi connectivity index (χ0) is 31.7. The smallest absolute Gasteiger partial charge is 0.242 e. The molecule has 238 valence electrons. The van der Waals surface area contributed by atoms with Crippen LogP contribution in [0.1, 0.15) is 50.7 Å². The first kappa shape index (κ1) is 33.1. The molecule has 11 nitrogen and oxygen atoms in total. The molecule has 3 amide bonds. The Morgan fingerprint density at radius 3 is 2.14 bits per heavy atom. The molecule has 0 bridgehead atoms. The zero-order valence-electron chi connectivity index (χ0n) is 25.5. The number of nitrogens with one attached hydrogen (secondary N) is 4. The van der Waals surface area contributed by atoms with Crippen LogP contribution in [-0.2, 0) is 36.6 Å². The van der Waals surface area contributed by atoms with Gasteiger partial charge in [0, 0.05) is 32.1 Å². The Balaban J connectivity index is 1.35. The van der Waals surface area contributed by atoms with Gasteiger partial charge in [-0.3, -0.25) is 25.1 Å². The van der Waals surface area contributed by atoms with Gasteiger partial charge in [0.15, 0.2) is 5.96 Å². The molecule has 2 aliphatic rings. The van der Waals surface area contributed by atoms with Gasteiger partial charge < -0.3 is 15.1 Å². The SMILES string of the molecule is CC(C)C(=O)NC(=N)N1CCC(CNC(=O)[C@@H]2CCCN2C(=O)[C@@H](Cc2ccccc2)NS(=O)(=O)Cc2ccccc2)CC1. The maximum atomic E-state index is 13.9. The Hall–Kier alpha value is -3.77. The van der Waals surface area contributed by atoms with Crippen molar-refractivity contribution in [3.8, 4) is 0 Å². The van der Waals surface area contributed by atoms with Gasteiger partial charge in [0.1, 0.15) is 12.1 Å². The molecule has 2 fully saturated rings. The number of carbonyl (C=O) groups is 3. The molecule has 0 unspecified atom stereocenters. The summed E-state index contributed by atoms with van der Waals surface area (Å²) in [4.78, 5) is 42.5. The molecule has 4 N–H and O–H groups in total. The second-order valence-electron chi connectivity index (χ2n) is 12.0. The molecule has 0 saturated carbocycles. The Morgan fingerprint density at radius 1 is 0.909 bits per heavy atom. The second-order valence-corrected chi connectivity index (χ2v) is 13.7. The molecule has 2 heterocycles. The molecule has 4 rings (SSSR count). The summed E-state index contributed by atoms with van der Waals surface area (Å²) in [6.45, 7) is 5.61. The van der Waals surface area contributed by atoms with Gasteiger partial charge in [-0.05, 0) is 49.1 Å². The Labute approximate surface area is 260 Å².